The van der Waals surface area contributed by atoms with Gasteiger partial charge in [-0.2, -0.15) is 0 Å². The van der Waals surface area contributed by atoms with Gasteiger partial charge in [0.25, 0.3) is 0 Å². The molecule has 1 rings (SSSR count). The molecule has 0 aromatic rings. The number of unbranched alkanes of at least 4 members (excludes halogenated alkanes) is 13. The first-order valence-corrected chi connectivity index (χ1v) is 14.2. The van der Waals surface area contributed by atoms with Crippen LogP contribution >= 0.6 is 12.4 Å². The lowest BCUT2D eigenvalue weighted by molar-refractivity contribution is -0.139. The Morgan fingerprint density at radius 1 is 0.853 bits per heavy atom. The fourth-order valence-electron chi connectivity index (χ4n) is 4.66. The molecule has 0 spiro atoms. The van der Waals surface area contributed by atoms with Gasteiger partial charge in [0, 0.05) is 24.9 Å². The summed E-state index contributed by atoms with van der Waals surface area (Å²) in [6.07, 6.45) is 22.4. The largest absolute Gasteiger partial charge is 0.328 e. The van der Waals surface area contributed by atoms with Crippen molar-refractivity contribution in [1.82, 2.24) is 15.3 Å². The molecular formula is C28H56ClN3O2. The second kappa shape index (κ2) is 20.4. The molecule has 34 heavy (non-hydrogen) atoms. The normalized spacial score (nSPS) is 14.0. The number of nitrogens with one attached hydrogen (secondary N) is 1. The summed E-state index contributed by atoms with van der Waals surface area (Å²) in [5.74, 6) is 0.282. The third-order valence-electron chi connectivity index (χ3n) is 7.04. The summed E-state index contributed by atoms with van der Waals surface area (Å²) in [4.78, 5) is 26.7. The van der Waals surface area contributed by atoms with Crippen molar-refractivity contribution in [3.05, 3.63) is 0 Å². The van der Waals surface area contributed by atoms with Crippen LogP contribution in [0.15, 0.2) is 0 Å². The fraction of sp³-hybridized carbons (Fsp3) is 0.929. The molecule has 1 aliphatic heterocycles. The third kappa shape index (κ3) is 15.2. The van der Waals surface area contributed by atoms with Crippen LogP contribution in [0.25, 0.3) is 0 Å². The van der Waals surface area contributed by atoms with Crippen LogP contribution in [0.1, 0.15) is 143 Å². The van der Waals surface area contributed by atoms with Crippen LogP contribution in [0, 0.1) is 5.41 Å². The van der Waals surface area contributed by atoms with E-state index in [4.69, 9.17) is 0 Å². The van der Waals surface area contributed by atoms with Crippen LogP contribution in [0.2, 0.25) is 0 Å². The summed E-state index contributed by atoms with van der Waals surface area (Å²) in [5.41, 5.74) is 2.73. The molecule has 1 fully saturated rings. The maximum Gasteiger partial charge on any atom is 0.239 e. The van der Waals surface area contributed by atoms with Crippen LogP contribution in [0.5, 0.6) is 0 Å². The number of rotatable bonds is 21. The van der Waals surface area contributed by atoms with Crippen molar-refractivity contribution in [3.63, 3.8) is 0 Å². The minimum Gasteiger partial charge on any atom is -0.328 e. The Morgan fingerprint density at radius 2 is 1.35 bits per heavy atom. The number of halogens is 1. The molecule has 1 aliphatic rings. The molecule has 2 amide bonds. The maximum absolute atomic E-state index is 12.9. The maximum atomic E-state index is 12.9. The molecule has 0 atom stereocenters. The minimum atomic E-state index is -0.377. The lowest BCUT2D eigenvalue weighted by Gasteiger charge is -2.32. The van der Waals surface area contributed by atoms with Gasteiger partial charge in [0.15, 0.2) is 0 Å². The first kappa shape index (κ1) is 33.2. The molecule has 1 heterocycles. The van der Waals surface area contributed by atoms with Crippen molar-refractivity contribution >= 4 is 24.2 Å². The first-order chi connectivity index (χ1) is 15.9. The Balaban J connectivity index is 0.0000109. The zero-order valence-electron chi connectivity index (χ0n) is 23.0. The van der Waals surface area contributed by atoms with Gasteiger partial charge in [0.2, 0.25) is 11.8 Å². The molecule has 202 valence electrons. The predicted molar refractivity (Wildman–Crippen MR) is 147 cm³/mol. The summed E-state index contributed by atoms with van der Waals surface area (Å²) in [5, 5.41) is 1.93. The molecular weight excluding hydrogens is 446 g/mol. The van der Waals surface area contributed by atoms with E-state index in [0.29, 0.717) is 13.1 Å². The third-order valence-corrected chi connectivity index (χ3v) is 7.04. The number of amides is 2. The Kier molecular flexibility index (Phi) is 19.9. The summed E-state index contributed by atoms with van der Waals surface area (Å²) in [6, 6.07) is 0. The first-order valence-electron chi connectivity index (χ1n) is 14.2. The van der Waals surface area contributed by atoms with Gasteiger partial charge in [-0.05, 0) is 19.3 Å². The summed E-state index contributed by atoms with van der Waals surface area (Å²) in [6.45, 7) is 10.6. The lowest BCUT2D eigenvalue weighted by atomic mass is 9.86. The van der Waals surface area contributed by atoms with Gasteiger partial charge in [-0.1, -0.05) is 118 Å². The Labute approximate surface area is 217 Å². The molecule has 6 heteroatoms. The van der Waals surface area contributed by atoms with E-state index >= 15 is 0 Å². The summed E-state index contributed by atoms with van der Waals surface area (Å²) < 4.78 is 0. The standard InChI is InChI=1S/C28H55N3O2.ClH/c1-5-7-8-9-10-11-12-13-14-15-16-17-18-19-22-28(3,4)27(33)29-31(23-6-2)25-30-24-20-21-26(30)32;/h5-25H2,1-4H3,(H,29,33);1H. The summed E-state index contributed by atoms with van der Waals surface area (Å²) >= 11 is 0. The molecule has 0 aromatic carbocycles. The van der Waals surface area contributed by atoms with E-state index in [2.05, 4.69) is 33.1 Å². The smallest absolute Gasteiger partial charge is 0.239 e. The predicted octanol–water partition coefficient (Wildman–Crippen LogP) is 7.63. The van der Waals surface area contributed by atoms with E-state index in [9.17, 15) is 9.59 Å². The second-order valence-electron chi connectivity index (χ2n) is 10.8. The van der Waals surface area contributed by atoms with Crippen molar-refractivity contribution < 1.29 is 9.59 Å². The molecule has 5 nitrogen and oxygen atoms in total. The minimum absolute atomic E-state index is 0. The number of likely N-dealkylation sites (tertiary alicyclic amines) is 1. The zero-order chi connectivity index (χ0) is 24.4. The zero-order valence-corrected chi connectivity index (χ0v) is 23.8. The molecule has 0 radical (unpaired) electrons. The van der Waals surface area contributed by atoms with Crippen molar-refractivity contribution in [1.29, 1.82) is 0 Å². The molecule has 0 aliphatic carbocycles. The Bertz CT molecular complexity index is 528. The van der Waals surface area contributed by atoms with Gasteiger partial charge in [-0.15, -0.1) is 12.4 Å². The molecule has 0 aromatic heterocycles. The molecule has 1 N–H and O–H groups in total. The van der Waals surface area contributed by atoms with Crippen LogP contribution in [-0.2, 0) is 9.59 Å². The number of hydrogen-bond acceptors (Lipinski definition) is 3. The van der Waals surface area contributed by atoms with Crippen molar-refractivity contribution in [2.45, 2.75) is 143 Å². The highest BCUT2D eigenvalue weighted by Crippen LogP contribution is 2.25. The van der Waals surface area contributed by atoms with E-state index in [1.807, 2.05) is 9.91 Å². The quantitative estimate of drug-likeness (QED) is 0.130. The van der Waals surface area contributed by atoms with Crippen molar-refractivity contribution in [3.8, 4) is 0 Å². The monoisotopic (exact) mass is 501 g/mol. The van der Waals surface area contributed by atoms with Gasteiger partial charge in [-0.25, -0.2) is 5.01 Å². The van der Waals surface area contributed by atoms with Crippen LogP contribution < -0.4 is 5.43 Å². The highest BCUT2D eigenvalue weighted by molar-refractivity contribution is 5.85. The van der Waals surface area contributed by atoms with Gasteiger partial charge in [0.05, 0.1) is 6.67 Å². The summed E-state index contributed by atoms with van der Waals surface area (Å²) in [7, 11) is 0. The van der Waals surface area contributed by atoms with Crippen molar-refractivity contribution in [2.24, 2.45) is 5.41 Å². The fourth-order valence-corrected chi connectivity index (χ4v) is 4.66. The van der Waals surface area contributed by atoms with Gasteiger partial charge >= 0.3 is 0 Å². The van der Waals surface area contributed by atoms with Crippen LogP contribution in [0.4, 0.5) is 0 Å². The average molecular weight is 502 g/mol. The number of nitrogens with zero attached hydrogens (tertiary/aromatic N) is 2. The lowest BCUT2D eigenvalue weighted by Crippen LogP contribution is -2.52. The van der Waals surface area contributed by atoms with Gasteiger partial charge in [-0.3, -0.25) is 15.0 Å². The number of carbonyl (C=O) groups is 2. The molecule has 0 saturated carbocycles. The number of hydrazine groups is 1. The van der Waals surface area contributed by atoms with Crippen LogP contribution in [0.3, 0.4) is 0 Å². The highest BCUT2D eigenvalue weighted by atomic mass is 35.5. The number of hydrogen-bond donors (Lipinski definition) is 1. The SMILES string of the molecule is CCCCCCCCCCCCCCCCC(C)(C)C(=O)NN(CCC)CN1CCCC1=O.Cl. The highest BCUT2D eigenvalue weighted by Gasteiger charge is 2.29. The van der Waals surface area contributed by atoms with E-state index < -0.39 is 0 Å². The Morgan fingerprint density at radius 3 is 1.79 bits per heavy atom. The molecule has 0 unspecified atom stereocenters. The van der Waals surface area contributed by atoms with Crippen molar-refractivity contribution in [2.75, 3.05) is 19.8 Å². The average Bonchev–Trinajstić information content (AvgIpc) is 3.18. The van der Waals surface area contributed by atoms with Crippen LogP contribution in [-0.4, -0.2) is 41.5 Å². The van der Waals surface area contributed by atoms with Gasteiger partial charge in [0.1, 0.15) is 0 Å². The van der Waals surface area contributed by atoms with E-state index in [-0.39, 0.29) is 29.6 Å². The van der Waals surface area contributed by atoms with Gasteiger partial charge < -0.3 is 4.90 Å². The molecule has 0 bridgehead atoms. The topological polar surface area (TPSA) is 52.7 Å². The Hall–Kier alpha value is -0.810. The van der Waals surface area contributed by atoms with E-state index in [1.165, 1.54) is 83.5 Å². The second-order valence-corrected chi connectivity index (χ2v) is 10.8. The van der Waals surface area contributed by atoms with E-state index in [1.54, 1.807) is 0 Å². The molecule has 1 saturated heterocycles. The number of carbonyl (C=O) groups excluding carboxylic acids is 2. The van der Waals surface area contributed by atoms with E-state index in [0.717, 1.165) is 38.8 Å².